The smallest absolute Gasteiger partial charge is 0.137 e. The minimum atomic E-state index is -0.274. The Hall–Kier alpha value is -1.22. The quantitative estimate of drug-likeness (QED) is 0.742. The van der Waals surface area contributed by atoms with E-state index in [-0.39, 0.29) is 17.5 Å². The van der Waals surface area contributed by atoms with Crippen molar-refractivity contribution in [1.82, 2.24) is 0 Å². The zero-order chi connectivity index (χ0) is 12.0. The van der Waals surface area contributed by atoms with Crippen LogP contribution in [0.1, 0.15) is 18.9 Å². The number of methoxy groups -OCH3 is 1. The fourth-order valence-electron chi connectivity index (χ4n) is 1.63. The van der Waals surface area contributed by atoms with Crippen molar-refractivity contribution < 1.29 is 13.9 Å². The van der Waals surface area contributed by atoms with E-state index in [0.717, 1.165) is 5.56 Å². The topological polar surface area (TPSA) is 26.3 Å². The highest BCUT2D eigenvalue weighted by Crippen LogP contribution is 2.09. The predicted molar refractivity (Wildman–Crippen MR) is 60.8 cm³/mol. The molecule has 0 radical (unpaired) electrons. The summed E-state index contributed by atoms with van der Waals surface area (Å²) in [5.74, 6) is 0.123. The van der Waals surface area contributed by atoms with Gasteiger partial charge in [0.2, 0.25) is 0 Å². The van der Waals surface area contributed by atoms with Crippen molar-refractivity contribution in [3.63, 3.8) is 0 Å². The van der Waals surface area contributed by atoms with Gasteiger partial charge in [0.15, 0.2) is 0 Å². The predicted octanol–water partition coefficient (Wildman–Crippen LogP) is 2.61. The zero-order valence-corrected chi connectivity index (χ0v) is 9.70. The molecule has 3 heteroatoms. The molecule has 16 heavy (non-hydrogen) atoms. The van der Waals surface area contributed by atoms with Gasteiger partial charge in [-0.15, -0.1) is 0 Å². The second-order valence-electron chi connectivity index (χ2n) is 4.11. The highest BCUT2D eigenvalue weighted by Gasteiger charge is 2.09. The SMILES string of the molecule is COCC(C)CC(=O)Cc1ccc(F)cc1. The molecule has 0 saturated carbocycles. The monoisotopic (exact) mass is 224 g/mol. The number of hydrogen-bond donors (Lipinski definition) is 0. The van der Waals surface area contributed by atoms with Crippen LogP contribution in [0.5, 0.6) is 0 Å². The van der Waals surface area contributed by atoms with E-state index in [9.17, 15) is 9.18 Å². The summed E-state index contributed by atoms with van der Waals surface area (Å²) in [6.07, 6.45) is 0.875. The largest absolute Gasteiger partial charge is 0.384 e. The van der Waals surface area contributed by atoms with E-state index in [4.69, 9.17) is 4.74 Å². The first-order valence-corrected chi connectivity index (χ1v) is 5.37. The minimum absolute atomic E-state index is 0.163. The molecule has 0 saturated heterocycles. The Morgan fingerprint density at radius 1 is 1.38 bits per heavy atom. The van der Waals surface area contributed by atoms with Crippen LogP contribution in [0.25, 0.3) is 0 Å². The van der Waals surface area contributed by atoms with Crippen LogP contribution in [0.4, 0.5) is 4.39 Å². The van der Waals surface area contributed by atoms with Gasteiger partial charge in [-0.3, -0.25) is 4.79 Å². The highest BCUT2D eigenvalue weighted by molar-refractivity contribution is 5.81. The summed E-state index contributed by atoms with van der Waals surface area (Å²) in [7, 11) is 1.63. The van der Waals surface area contributed by atoms with E-state index in [1.807, 2.05) is 6.92 Å². The van der Waals surface area contributed by atoms with Gasteiger partial charge in [-0.25, -0.2) is 4.39 Å². The molecule has 2 nitrogen and oxygen atoms in total. The summed E-state index contributed by atoms with van der Waals surface area (Å²) in [5.41, 5.74) is 0.857. The molecule has 1 rings (SSSR count). The van der Waals surface area contributed by atoms with Gasteiger partial charge in [0.25, 0.3) is 0 Å². The Labute approximate surface area is 95.4 Å². The second-order valence-corrected chi connectivity index (χ2v) is 4.11. The maximum atomic E-state index is 12.6. The number of halogens is 1. The average Bonchev–Trinajstić information content (AvgIpc) is 2.21. The third kappa shape index (κ3) is 4.53. The molecule has 0 aliphatic rings. The molecule has 0 aromatic heterocycles. The molecular formula is C13H17FO2. The van der Waals surface area contributed by atoms with Gasteiger partial charge in [-0.05, 0) is 23.6 Å². The molecule has 0 spiro atoms. The second kappa shape index (κ2) is 6.38. The Balaban J connectivity index is 2.42. The maximum Gasteiger partial charge on any atom is 0.137 e. The van der Waals surface area contributed by atoms with Crippen LogP contribution in [-0.2, 0) is 16.0 Å². The van der Waals surface area contributed by atoms with Crippen molar-refractivity contribution in [3.05, 3.63) is 35.6 Å². The van der Waals surface area contributed by atoms with Crippen LogP contribution < -0.4 is 0 Å². The third-order valence-electron chi connectivity index (χ3n) is 2.34. The number of carbonyl (C=O) groups is 1. The minimum Gasteiger partial charge on any atom is -0.384 e. The van der Waals surface area contributed by atoms with Crippen LogP contribution in [0.2, 0.25) is 0 Å². The number of ether oxygens (including phenoxy) is 1. The Bertz CT molecular complexity index is 332. The molecule has 1 aromatic carbocycles. The van der Waals surface area contributed by atoms with Gasteiger partial charge < -0.3 is 4.74 Å². The van der Waals surface area contributed by atoms with Crippen molar-refractivity contribution in [1.29, 1.82) is 0 Å². The Morgan fingerprint density at radius 3 is 2.56 bits per heavy atom. The van der Waals surface area contributed by atoms with E-state index in [1.54, 1.807) is 19.2 Å². The fraction of sp³-hybridized carbons (Fsp3) is 0.462. The molecule has 1 unspecified atom stereocenters. The Kier molecular flexibility index (Phi) is 5.12. The highest BCUT2D eigenvalue weighted by atomic mass is 19.1. The van der Waals surface area contributed by atoms with Gasteiger partial charge in [-0.2, -0.15) is 0 Å². The summed E-state index contributed by atoms with van der Waals surface area (Å²) in [4.78, 5) is 11.6. The van der Waals surface area contributed by atoms with E-state index in [2.05, 4.69) is 0 Å². The summed E-state index contributed by atoms with van der Waals surface area (Å²) >= 11 is 0. The molecule has 1 aromatic rings. The van der Waals surface area contributed by atoms with Crippen LogP contribution in [0.3, 0.4) is 0 Å². The molecule has 0 N–H and O–H groups in total. The fourth-order valence-corrected chi connectivity index (χ4v) is 1.63. The summed E-state index contributed by atoms with van der Waals surface area (Å²) in [6.45, 7) is 2.57. The summed E-state index contributed by atoms with van der Waals surface area (Å²) < 4.78 is 17.6. The van der Waals surface area contributed by atoms with Gasteiger partial charge in [0.05, 0.1) is 0 Å². The third-order valence-corrected chi connectivity index (χ3v) is 2.34. The lowest BCUT2D eigenvalue weighted by Crippen LogP contribution is -2.12. The first-order valence-electron chi connectivity index (χ1n) is 5.37. The van der Waals surface area contributed by atoms with Gasteiger partial charge >= 0.3 is 0 Å². The summed E-state index contributed by atoms with van der Waals surface area (Å²) in [5, 5.41) is 0. The van der Waals surface area contributed by atoms with E-state index in [1.165, 1.54) is 12.1 Å². The number of Topliss-reactive ketones (excluding diaryl/α,β-unsaturated/α-hetero) is 1. The van der Waals surface area contributed by atoms with E-state index in [0.29, 0.717) is 19.4 Å². The van der Waals surface area contributed by atoms with Crippen molar-refractivity contribution >= 4 is 5.78 Å². The van der Waals surface area contributed by atoms with Crippen LogP contribution in [-0.4, -0.2) is 19.5 Å². The average molecular weight is 224 g/mol. The molecule has 0 heterocycles. The first kappa shape index (κ1) is 12.8. The molecular weight excluding hydrogens is 207 g/mol. The van der Waals surface area contributed by atoms with Crippen molar-refractivity contribution in [2.24, 2.45) is 5.92 Å². The maximum absolute atomic E-state index is 12.6. The molecule has 0 fully saturated rings. The number of rotatable bonds is 6. The Morgan fingerprint density at radius 2 is 2.00 bits per heavy atom. The molecule has 0 aliphatic carbocycles. The van der Waals surface area contributed by atoms with Crippen molar-refractivity contribution in [3.8, 4) is 0 Å². The van der Waals surface area contributed by atoms with Crippen molar-refractivity contribution in [2.45, 2.75) is 19.8 Å². The molecule has 0 aliphatic heterocycles. The normalized spacial score (nSPS) is 12.4. The lowest BCUT2D eigenvalue weighted by molar-refractivity contribution is -0.119. The van der Waals surface area contributed by atoms with E-state index >= 15 is 0 Å². The molecule has 1 atom stereocenters. The van der Waals surface area contributed by atoms with Gasteiger partial charge in [-0.1, -0.05) is 19.1 Å². The number of benzene rings is 1. The van der Waals surface area contributed by atoms with Crippen molar-refractivity contribution in [2.75, 3.05) is 13.7 Å². The first-order chi connectivity index (χ1) is 7.61. The van der Waals surface area contributed by atoms with Gasteiger partial charge in [0, 0.05) is 26.6 Å². The number of hydrogen-bond acceptors (Lipinski definition) is 2. The lowest BCUT2D eigenvalue weighted by Gasteiger charge is -2.08. The lowest BCUT2D eigenvalue weighted by atomic mass is 10.0. The molecule has 0 amide bonds. The molecule has 88 valence electrons. The van der Waals surface area contributed by atoms with Crippen LogP contribution >= 0.6 is 0 Å². The van der Waals surface area contributed by atoms with Crippen LogP contribution in [0, 0.1) is 11.7 Å². The number of carbonyl (C=O) groups excluding carboxylic acids is 1. The molecule has 0 bridgehead atoms. The number of ketones is 1. The van der Waals surface area contributed by atoms with Crippen LogP contribution in [0.15, 0.2) is 24.3 Å². The van der Waals surface area contributed by atoms with Gasteiger partial charge in [0.1, 0.15) is 11.6 Å². The summed E-state index contributed by atoms with van der Waals surface area (Å²) in [6, 6.07) is 6.05. The zero-order valence-electron chi connectivity index (χ0n) is 9.70. The van der Waals surface area contributed by atoms with E-state index < -0.39 is 0 Å². The standard InChI is InChI=1S/C13H17FO2/c1-10(9-16-2)7-13(15)8-11-3-5-12(14)6-4-11/h3-6,10H,7-9H2,1-2H3.